The Morgan fingerprint density at radius 3 is 2.30 bits per heavy atom. The summed E-state index contributed by atoms with van der Waals surface area (Å²) in [7, 11) is 0. The van der Waals surface area contributed by atoms with Crippen LogP contribution in [-0.4, -0.2) is 5.78 Å². The van der Waals surface area contributed by atoms with Crippen molar-refractivity contribution in [3.63, 3.8) is 0 Å². The topological polar surface area (TPSA) is 40.9 Å². The molecule has 0 saturated heterocycles. The average Bonchev–Trinajstić information content (AvgIpc) is 3.04. The number of carbonyl (C=O) groups is 1. The zero-order valence-corrected chi connectivity index (χ0v) is 20.2. The predicted molar refractivity (Wildman–Crippen MR) is 122 cm³/mol. The fourth-order valence-electron chi connectivity index (χ4n) is 9.63. The van der Waals surface area contributed by atoms with Gasteiger partial charge in [0.05, 0.1) is 6.07 Å². The molecule has 2 nitrogen and oxygen atoms in total. The van der Waals surface area contributed by atoms with Gasteiger partial charge in [-0.2, -0.15) is 5.26 Å². The fourth-order valence-corrected chi connectivity index (χ4v) is 9.63. The Morgan fingerprint density at radius 1 is 1.03 bits per heavy atom. The first-order valence-corrected chi connectivity index (χ1v) is 12.9. The number of allylic oxidation sites excluding steroid dienone is 1. The summed E-state index contributed by atoms with van der Waals surface area (Å²) in [4.78, 5) is 12.8. The molecule has 10 atom stereocenters. The predicted octanol–water partition coefficient (Wildman–Crippen LogP) is 7.20. The monoisotopic (exact) mass is 409 g/mol. The van der Waals surface area contributed by atoms with Crippen LogP contribution in [0.3, 0.4) is 0 Å². The number of hydrogen-bond acceptors (Lipinski definition) is 2. The molecule has 0 radical (unpaired) electrons. The normalized spacial score (nSPS) is 50.2. The van der Waals surface area contributed by atoms with E-state index in [0.29, 0.717) is 23.2 Å². The van der Waals surface area contributed by atoms with Gasteiger partial charge in [-0.3, -0.25) is 4.79 Å². The van der Waals surface area contributed by atoms with Gasteiger partial charge in [-0.1, -0.05) is 66.4 Å². The van der Waals surface area contributed by atoms with Crippen LogP contribution < -0.4 is 0 Å². The Morgan fingerprint density at radius 2 is 1.73 bits per heavy atom. The van der Waals surface area contributed by atoms with E-state index in [1.165, 1.54) is 44.1 Å². The van der Waals surface area contributed by atoms with Gasteiger partial charge in [0.15, 0.2) is 5.78 Å². The van der Waals surface area contributed by atoms with Crippen LogP contribution in [0.1, 0.15) is 92.9 Å². The smallest absolute Gasteiger partial charge is 0.172 e. The summed E-state index contributed by atoms with van der Waals surface area (Å²) in [5.74, 6) is 4.81. The van der Waals surface area contributed by atoms with Crippen LogP contribution in [0.5, 0.6) is 0 Å². The first-order chi connectivity index (χ1) is 14.3. The van der Waals surface area contributed by atoms with E-state index in [4.69, 9.17) is 0 Å². The highest BCUT2D eigenvalue weighted by Crippen LogP contribution is 2.71. The molecule has 0 aromatic rings. The van der Waals surface area contributed by atoms with Crippen LogP contribution in [-0.2, 0) is 4.79 Å². The Kier molecular flexibility index (Phi) is 5.74. The molecule has 0 amide bonds. The summed E-state index contributed by atoms with van der Waals surface area (Å²) in [6.45, 7) is 14.6. The highest BCUT2D eigenvalue weighted by molar-refractivity contribution is 5.95. The minimum absolute atomic E-state index is 0.0369. The van der Waals surface area contributed by atoms with Crippen molar-refractivity contribution in [2.75, 3.05) is 0 Å². The van der Waals surface area contributed by atoms with Gasteiger partial charge in [0, 0.05) is 0 Å². The lowest BCUT2D eigenvalue weighted by Gasteiger charge is -2.63. The number of hydrogen-bond donors (Lipinski definition) is 0. The highest BCUT2D eigenvalue weighted by Gasteiger charge is 2.64. The van der Waals surface area contributed by atoms with Gasteiger partial charge in [0.1, 0.15) is 5.92 Å². The highest BCUT2D eigenvalue weighted by atomic mass is 16.1. The minimum Gasteiger partial charge on any atom is -0.293 e. The van der Waals surface area contributed by atoms with Gasteiger partial charge in [0.2, 0.25) is 0 Å². The molecule has 0 heterocycles. The summed E-state index contributed by atoms with van der Waals surface area (Å²) < 4.78 is 0. The number of fused-ring (bicyclic) bond motifs is 5. The van der Waals surface area contributed by atoms with Gasteiger partial charge in [-0.05, 0) is 90.4 Å². The quantitative estimate of drug-likeness (QED) is 0.492. The minimum atomic E-state index is -0.433. The standard InChI is InChI=1S/C28H43NO/c1-7-17-14-27(5)12-11-22-25(26(27)19(17)8-2)21(10-4)20(9-3)23-13-24(30)18(16-29)15-28(22,23)6/h13,17-22,25-26H,7-12,14-15H2,1-6H3/t17?,18?,19?,20?,21?,22-,25-,26+,27-,28-/m1/s1. The molecule has 30 heavy (non-hydrogen) atoms. The molecule has 3 fully saturated rings. The third-order valence-corrected chi connectivity index (χ3v) is 10.7. The van der Waals surface area contributed by atoms with E-state index in [-0.39, 0.29) is 11.2 Å². The van der Waals surface area contributed by atoms with E-state index in [2.05, 4.69) is 47.6 Å². The Balaban J connectivity index is 1.85. The second kappa shape index (κ2) is 7.79. The van der Waals surface area contributed by atoms with Crippen LogP contribution in [0, 0.1) is 69.5 Å². The van der Waals surface area contributed by atoms with Crippen LogP contribution in [0.2, 0.25) is 0 Å². The Labute approximate surface area is 184 Å². The first kappa shape index (κ1) is 22.1. The van der Waals surface area contributed by atoms with Crippen molar-refractivity contribution in [2.45, 2.75) is 92.9 Å². The van der Waals surface area contributed by atoms with Crippen molar-refractivity contribution in [3.8, 4) is 6.07 Å². The average molecular weight is 410 g/mol. The van der Waals surface area contributed by atoms with Crippen LogP contribution in [0.4, 0.5) is 0 Å². The van der Waals surface area contributed by atoms with Crippen molar-refractivity contribution in [3.05, 3.63) is 11.6 Å². The summed E-state index contributed by atoms with van der Waals surface area (Å²) in [6.07, 6.45) is 11.8. The molecular weight excluding hydrogens is 366 g/mol. The van der Waals surface area contributed by atoms with E-state index in [1.807, 2.05) is 6.08 Å². The lowest BCUT2D eigenvalue weighted by Crippen LogP contribution is -2.57. The molecule has 4 aliphatic carbocycles. The lowest BCUT2D eigenvalue weighted by atomic mass is 9.41. The first-order valence-electron chi connectivity index (χ1n) is 12.9. The number of carbonyl (C=O) groups excluding carboxylic acids is 1. The van der Waals surface area contributed by atoms with Gasteiger partial charge in [0.25, 0.3) is 0 Å². The second-order valence-corrected chi connectivity index (χ2v) is 11.7. The van der Waals surface area contributed by atoms with Crippen molar-refractivity contribution in [1.82, 2.24) is 0 Å². The van der Waals surface area contributed by atoms with Crippen LogP contribution in [0.15, 0.2) is 11.6 Å². The van der Waals surface area contributed by atoms with E-state index >= 15 is 0 Å². The zero-order chi connectivity index (χ0) is 21.8. The number of nitrogens with zero attached hydrogens (tertiary/aromatic N) is 1. The molecule has 3 saturated carbocycles. The molecule has 4 rings (SSSR count). The maximum Gasteiger partial charge on any atom is 0.172 e. The largest absolute Gasteiger partial charge is 0.293 e. The molecule has 4 aliphatic rings. The molecule has 5 unspecified atom stereocenters. The van der Waals surface area contributed by atoms with Crippen molar-refractivity contribution < 1.29 is 4.79 Å². The van der Waals surface area contributed by atoms with E-state index in [0.717, 1.165) is 36.5 Å². The van der Waals surface area contributed by atoms with Gasteiger partial charge >= 0.3 is 0 Å². The molecule has 0 aliphatic heterocycles. The third-order valence-electron chi connectivity index (χ3n) is 10.7. The molecule has 0 N–H and O–H groups in total. The molecule has 0 aromatic carbocycles. The maximum atomic E-state index is 12.8. The molecule has 0 aromatic heterocycles. The molecular formula is C28H43NO. The summed E-state index contributed by atoms with van der Waals surface area (Å²) in [6, 6.07) is 2.36. The fraction of sp³-hybridized carbons (Fsp3) is 0.857. The van der Waals surface area contributed by atoms with Crippen molar-refractivity contribution in [2.24, 2.45) is 58.2 Å². The zero-order valence-electron chi connectivity index (χ0n) is 20.2. The summed E-state index contributed by atoms with van der Waals surface area (Å²) in [5, 5.41) is 9.72. The van der Waals surface area contributed by atoms with Crippen LogP contribution in [0.25, 0.3) is 0 Å². The van der Waals surface area contributed by atoms with E-state index in [9.17, 15) is 10.1 Å². The molecule has 166 valence electrons. The van der Waals surface area contributed by atoms with Gasteiger partial charge in [-0.25, -0.2) is 0 Å². The maximum absolute atomic E-state index is 12.8. The lowest BCUT2D eigenvalue weighted by molar-refractivity contribution is -0.125. The van der Waals surface area contributed by atoms with Gasteiger partial charge in [-0.15, -0.1) is 0 Å². The summed E-state index contributed by atoms with van der Waals surface area (Å²) >= 11 is 0. The van der Waals surface area contributed by atoms with Gasteiger partial charge < -0.3 is 0 Å². The summed E-state index contributed by atoms with van der Waals surface area (Å²) in [5.41, 5.74) is 1.96. The van der Waals surface area contributed by atoms with E-state index in [1.54, 1.807) is 0 Å². The van der Waals surface area contributed by atoms with Crippen molar-refractivity contribution >= 4 is 5.78 Å². The SMILES string of the molecule is CCC1C[C@@]2(C)CC[C@@H]3[C@@H](C(CC)C(CC)C4=CC(=O)C(C#N)C[C@@]43C)[C@@H]2C1CC. The number of ketones is 1. The molecule has 0 bridgehead atoms. The number of rotatable bonds is 4. The molecule has 0 spiro atoms. The second-order valence-electron chi connectivity index (χ2n) is 11.7. The Hall–Kier alpha value is -1.10. The Bertz CT molecular complexity index is 761. The molecule has 2 heteroatoms. The van der Waals surface area contributed by atoms with Crippen LogP contribution >= 0.6 is 0 Å². The third kappa shape index (κ3) is 2.90. The number of nitriles is 1. The van der Waals surface area contributed by atoms with Crippen molar-refractivity contribution in [1.29, 1.82) is 5.26 Å². The van der Waals surface area contributed by atoms with E-state index < -0.39 is 5.92 Å².